The monoisotopic (exact) mass is 308 g/mol. The van der Waals surface area contributed by atoms with E-state index in [1.54, 1.807) is 13.1 Å². The van der Waals surface area contributed by atoms with Crippen LogP contribution in [0.5, 0.6) is 0 Å². The molecular weight excluding hydrogens is 288 g/mol. The maximum atomic E-state index is 12.8. The van der Waals surface area contributed by atoms with Gasteiger partial charge >= 0.3 is 0 Å². The lowest BCUT2D eigenvalue weighted by atomic mass is 10.2. The molecular formula is C14H20N4O2S. The molecule has 6 nitrogen and oxygen atoms in total. The number of anilines is 1. The van der Waals surface area contributed by atoms with Crippen LogP contribution < -0.4 is 10.0 Å². The highest BCUT2D eigenvalue weighted by molar-refractivity contribution is 7.92. The third kappa shape index (κ3) is 3.25. The van der Waals surface area contributed by atoms with Gasteiger partial charge in [-0.1, -0.05) is 18.2 Å². The van der Waals surface area contributed by atoms with Crippen molar-refractivity contribution in [1.29, 1.82) is 0 Å². The van der Waals surface area contributed by atoms with Crippen LogP contribution in [-0.4, -0.2) is 31.3 Å². The summed E-state index contributed by atoms with van der Waals surface area (Å²) in [5.41, 5.74) is 7.12. The Morgan fingerprint density at radius 3 is 2.62 bits per heavy atom. The van der Waals surface area contributed by atoms with E-state index in [1.165, 1.54) is 21.4 Å². The summed E-state index contributed by atoms with van der Waals surface area (Å²) in [6, 6.07) is 7.41. The summed E-state index contributed by atoms with van der Waals surface area (Å²) in [6.45, 7) is 2.67. The second-order valence-corrected chi connectivity index (χ2v) is 6.72. The Bertz CT molecular complexity index is 709. The molecule has 0 spiro atoms. The molecule has 114 valence electrons. The molecule has 7 heteroatoms. The minimum Gasteiger partial charge on any atom is -0.330 e. The van der Waals surface area contributed by atoms with Gasteiger partial charge in [-0.25, -0.2) is 8.42 Å². The van der Waals surface area contributed by atoms with Crippen molar-refractivity contribution >= 4 is 15.7 Å². The van der Waals surface area contributed by atoms with Crippen molar-refractivity contribution in [3.8, 4) is 0 Å². The molecule has 0 aliphatic heterocycles. The largest absolute Gasteiger partial charge is 0.330 e. The van der Waals surface area contributed by atoms with E-state index in [0.29, 0.717) is 25.2 Å². The molecule has 0 atom stereocenters. The van der Waals surface area contributed by atoms with Crippen LogP contribution in [0.3, 0.4) is 0 Å². The second kappa shape index (κ2) is 6.28. The summed E-state index contributed by atoms with van der Waals surface area (Å²) < 4.78 is 28.6. The van der Waals surface area contributed by atoms with Gasteiger partial charge in [-0.15, -0.1) is 0 Å². The van der Waals surface area contributed by atoms with Crippen molar-refractivity contribution < 1.29 is 8.42 Å². The molecule has 1 heterocycles. The minimum atomic E-state index is -3.63. The van der Waals surface area contributed by atoms with E-state index in [0.717, 1.165) is 5.56 Å². The predicted molar refractivity (Wildman–Crippen MR) is 82.6 cm³/mol. The lowest BCUT2D eigenvalue weighted by molar-refractivity contribution is 0.589. The topological polar surface area (TPSA) is 81.2 Å². The molecule has 0 radical (unpaired) electrons. The van der Waals surface area contributed by atoms with Crippen molar-refractivity contribution in [2.24, 2.45) is 12.8 Å². The van der Waals surface area contributed by atoms with E-state index in [1.807, 2.05) is 25.1 Å². The number of nitrogens with zero attached hydrogens (tertiary/aromatic N) is 3. The van der Waals surface area contributed by atoms with Gasteiger partial charge in [-0.05, 0) is 31.5 Å². The van der Waals surface area contributed by atoms with E-state index in [2.05, 4.69) is 5.10 Å². The maximum Gasteiger partial charge on any atom is 0.267 e. The number of hydrogen-bond acceptors (Lipinski definition) is 4. The first-order valence-electron chi connectivity index (χ1n) is 6.74. The molecule has 1 aromatic heterocycles. The van der Waals surface area contributed by atoms with Crippen LogP contribution in [0.15, 0.2) is 41.6 Å². The van der Waals surface area contributed by atoms with Crippen LogP contribution in [0.4, 0.5) is 5.69 Å². The van der Waals surface area contributed by atoms with E-state index in [9.17, 15) is 8.42 Å². The van der Waals surface area contributed by atoms with Gasteiger partial charge in [0.1, 0.15) is 4.90 Å². The van der Waals surface area contributed by atoms with Crippen LogP contribution in [0.25, 0.3) is 0 Å². The van der Waals surface area contributed by atoms with E-state index >= 15 is 0 Å². The molecule has 0 aliphatic carbocycles. The van der Waals surface area contributed by atoms with Crippen molar-refractivity contribution in [3.63, 3.8) is 0 Å². The van der Waals surface area contributed by atoms with Gasteiger partial charge < -0.3 is 5.73 Å². The first-order chi connectivity index (χ1) is 9.96. The zero-order chi connectivity index (χ0) is 15.5. The highest BCUT2D eigenvalue weighted by Crippen LogP contribution is 2.26. The first-order valence-corrected chi connectivity index (χ1v) is 8.18. The Labute approximate surface area is 125 Å². The third-order valence-electron chi connectivity index (χ3n) is 3.22. The molecule has 1 aromatic carbocycles. The van der Waals surface area contributed by atoms with Gasteiger partial charge in [0.25, 0.3) is 10.0 Å². The molecule has 0 saturated carbocycles. The fourth-order valence-corrected chi connectivity index (χ4v) is 3.66. The van der Waals surface area contributed by atoms with Gasteiger partial charge in [0.2, 0.25) is 0 Å². The van der Waals surface area contributed by atoms with Crippen LogP contribution in [0.2, 0.25) is 0 Å². The van der Waals surface area contributed by atoms with Crippen molar-refractivity contribution in [3.05, 3.63) is 42.2 Å². The van der Waals surface area contributed by atoms with Crippen molar-refractivity contribution in [1.82, 2.24) is 9.78 Å². The van der Waals surface area contributed by atoms with Crippen LogP contribution in [-0.2, 0) is 17.1 Å². The zero-order valence-electron chi connectivity index (χ0n) is 12.2. The third-order valence-corrected chi connectivity index (χ3v) is 4.98. The Balaban J connectivity index is 2.48. The van der Waals surface area contributed by atoms with Crippen LogP contribution in [0, 0.1) is 6.92 Å². The standard InChI is InChI=1S/C14H20N4O2S/c1-12-6-3-4-7-14(12)18(9-5-8-15)21(19,20)13-10-16-17(2)11-13/h3-4,6-7,10-11H,5,8-9,15H2,1-2H3. The molecule has 0 saturated heterocycles. The van der Waals surface area contributed by atoms with Crippen LogP contribution >= 0.6 is 0 Å². The van der Waals surface area contributed by atoms with Gasteiger partial charge in [-0.2, -0.15) is 5.10 Å². The van der Waals surface area contributed by atoms with Crippen LogP contribution in [0.1, 0.15) is 12.0 Å². The highest BCUT2D eigenvalue weighted by Gasteiger charge is 2.26. The van der Waals surface area contributed by atoms with Gasteiger partial charge in [0.15, 0.2) is 0 Å². The SMILES string of the molecule is Cc1ccccc1N(CCCN)S(=O)(=O)c1cnn(C)c1. The first kappa shape index (κ1) is 15.5. The number of para-hydroxylation sites is 1. The van der Waals surface area contributed by atoms with Gasteiger partial charge in [0.05, 0.1) is 11.9 Å². The van der Waals surface area contributed by atoms with E-state index < -0.39 is 10.0 Å². The molecule has 0 amide bonds. The fourth-order valence-electron chi connectivity index (χ4n) is 2.11. The average molecular weight is 308 g/mol. The summed E-state index contributed by atoms with van der Waals surface area (Å²) in [7, 11) is -1.94. The second-order valence-electron chi connectivity index (χ2n) is 4.86. The molecule has 0 unspecified atom stereocenters. The summed E-state index contributed by atoms with van der Waals surface area (Å²) >= 11 is 0. The van der Waals surface area contributed by atoms with Gasteiger partial charge in [0, 0.05) is 19.8 Å². The Hall–Kier alpha value is -1.86. The Morgan fingerprint density at radius 1 is 1.33 bits per heavy atom. The average Bonchev–Trinajstić information content (AvgIpc) is 2.88. The van der Waals surface area contributed by atoms with E-state index in [4.69, 9.17) is 5.73 Å². The normalized spacial score (nSPS) is 11.6. The van der Waals surface area contributed by atoms with Crippen molar-refractivity contribution in [2.45, 2.75) is 18.2 Å². The number of hydrogen-bond donors (Lipinski definition) is 1. The summed E-state index contributed by atoms with van der Waals surface area (Å²) in [5, 5.41) is 3.95. The number of benzene rings is 1. The minimum absolute atomic E-state index is 0.185. The molecule has 0 bridgehead atoms. The van der Waals surface area contributed by atoms with E-state index in [-0.39, 0.29) is 4.90 Å². The summed E-state index contributed by atoms with van der Waals surface area (Å²) in [4.78, 5) is 0.185. The number of aryl methyl sites for hydroxylation is 2. The molecule has 0 aliphatic rings. The lowest BCUT2D eigenvalue weighted by Crippen LogP contribution is -2.33. The van der Waals surface area contributed by atoms with Gasteiger partial charge in [-0.3, -0.25) is 8.99 Å². The zero-order valence-corrected chi connectivity index (χ0v) is 13.0. The lowest BCUT2D eigenvalue weighted by Gasteiger charge is -2.25. The predicted octanol–water partition coefficient (Wildman–Crippen LogP) is 1.27. The molecule has 2 N–H and O–H groups in total. The van der Waals surface area contributed by atoms with Crippen molar-refractivity contribution in [2.75, 3.05) is 17.4 Å². The molecule has 21 heavy (non-hydrogen) atoms. The fraction of sp³-hybridized carbons (Fsp3) is 0.357. The number of aromatic nitrogens is 2. The smallest absolute Gasteiger partial charge is 0.267 e. The number of rotatable bonds is 6. The number of sulfonamides is 1. The summed E-state index contributed by atoms with van der Waals surface area (Å²) in [6.07, 6.45) is 3.46. The highest BCUT2D eigenvalue weighted by atomic mass is 32.2. The quantitative estimate of drug-likeness (QED) is 0.871. The molecule has 2 aromatic rings. The Morgan fingerprint density at radius 2 is 2.05 bits per heavy atom. The molecule has 2 rings (SSSR count). The number of nitrogens with two attached hydrogens (primary N) is 1. The summed E-state index contributed by atoms with van der Waals surface area (Å²) in [5.74, 6) is 0. The molecule has 0 fully saturated rings. The maximum absolute atomic E-state index is 12.8. The Kier molecular flexibility index (Phi) is 4.64.